The molecular weight excluding hydrogens is 258 g/mol. The number of anilines is 1. The summed E-state index contributed by atoms with van der Waals surface area (Å²) in [5.41, 5.74) is 1.66. The average Bonchev–Trinajstić information content (AvgIpc) is 2.91. The number of aliphatic hydroxyl groups is 1. The van der Waals surface area contributed by atoms with Crippen LogP contribution in [0.4, 0.5) is 5.69 Å². The first-order chi connectivity index (χ1) is 9.61. The van der Waals surface area contributed by atoms with E-state index in [2.05, 4.69) is 5.32 Å². The molecule has 20 heavy (non-hydrogen) atoms. The smallest absolute Gasteiger partial charge is 0.307 e. The Labute approximate surface area is 117 Å². The first kappa shape index (κ1) is 14.5. The van der Waals surface area contributed by atoms with Gasteiger partial charge in [0.25, 0.3) is 0 Å². The van der Waals surface area contributed by atoms with Gasteiger partial charge in [-0.05, 0) is 37.0 Å². The van der Waals surface area contributed by atoms with E-state index < -0.39 is 17.8 Å². The maximum Gasteiger partial charge on any atom is 0.307 e. The molecule has 3 N–H and O–H groups in total. The van der Waals surface area contributed by atoms with Gasteiger partial charge in [0.05, 0.1) is 11.8 Å². The van der Waals surface area contributed by atoms with Gasteiger partial charge in [-0.3, -0.25) is 9.59 Å². The van der Waals surface area contributed by atoms with Gasteiger partial charge < -0.3 is 15.5 Å². The lowest BCUT2D eigenvalue weighted by molar-refractivity contribution is -0.145. The monoisotopic (exact) mass is 277 g/mol. The number of benzene rings is 1. The van der Waals surface area contributed by atoms with Crippen LogP contribution >= 0.6 is 0 Å². The topological polar surface area (TPSA) is 86.6 Å². The second-order valence-corrected chi connectivity index (χ2v) is 5.14. The predicted octanol–water partition coefficient (Wildman–Crippen LogP) is 1.66. The van der Waals surface area contributed by atoms with Crippen LogP contribution < -0.4 is 5.32 Å². The van der Waals surface area contributed by atoms with E-state index in [1.807, 2.05) is 12.1 Å². The van der Waals surface area contributed by atoms with Gasteiger partial charge in [-0.15, -0.1) is 0 Å². The van der Waals surface area contributed by atoms with Crippen LogP contribution in [-0.2, 0) is 16.0 Å². The fourth-order valence-electron chi connectivity index (χ4n) is 2.69. The summed E-state index contributed by atoms with van der Waals surface area (Å²) >= 11 is 0. The van der Waals surface area contributed by atoms with Crippen LogP contribution in [0.3, 0.4) is 0 Å². The number of rotatable bonds is 5. The Bertz CT molecular complexity index is 483. The third kappa shape index (κ3) is 3.36. The molecule has 1 saturated carbocycles. The van der Waals surface area contributed by atoms with Gasteiger partial charge in [0.2, 0.25) is 5.91 Å². The summed E-state index contributed by atoms with van der Waals surface area (Å²) in [5, 5.41) is 20.7. The normalized spacial score (nSPS) is 21.6. The molecule has 0 aromatic heterocycles. The standard InChI is InChI=1S/C15H19NO4/c17-9-8-10-4-6-11(7-5-10)16-14(18)12-2-1-3-13(12)15(19)20/h4-7,12-13,17H,1-3,8-9H2,(H,16,18)(H,19,20)/t12-,13+/m1/s1. The number of aliphatic carboxylic acids is 1. The molecule has 0 bridgehead atoms. The van der Waals surface area contributed by atoms with E-state index in [9.17, 15) is 9.59 Å². The molecule has 2 atom stereocenters. The number of carboxylic acid groups (broad SMARTS) is 1. The summed E-state index contributed by atoms with van der Waals surface area (Å²) in [5.74, 6) is -2.11. The zero-order chi connectivity index (χ0) is 14.5. The Hall–Kier alpha value is -1.88. The van der Waals surface area contributed by atoms with E-state index in [1.165, 1.54) is 0 Å². The van der Waals surface area contributed by atoms with E-state index in [0.29, 0.717) is 24.9 Å². The number of nitrogens with one attached hydrogen (secondary N) is 1. The Kier molecular flexibility index (Phi) is 4.74. The minimum Gasteiger partial charge on any atom is -0.481 e. The molecule has 0 spiro atoms. The van der Waals surface area contributed by atoms with Crippen LogP contribution in [0.5, 0.6) is 0 Å². The zero-order valence-electron chi connectivity index (χ0n) is 11.2. The van der Waals surface area contributed by atoms with Gasteiger partial charge in [0.15, 0.2) is 0 Å². The summed E-state index contributed by atoms with van der Waals surface area (Å²) in [6.07, 6.45) is 2.57. The summed E-state index contributed by atoms with van der Waals surface area (Å²) < 4.78 is 0. The number of hydrogen-bond acceptors (Lipinski definition) is 3. The van der Waals surface area contributed by atoms with E-state index in [-0.39, 0.29) is 12.5 Å². The molecule has 0 heterocycles. The Balaban J connectivity index is 1.98. The van der Waals surface area contributed by atoms with Crippen molar-refractivity contribution in [3.8, 4) is 0 Å². The van der Waals surface area contributed by atoms with Crippen LogP contribution in [-0.4, -0.2) is 28.7 Å². The molecule has 0 saturated heterocycles. The zero-order valence-corrected chi connectivity index (χ0v) is 11.2. The van der Waals surface area contributed by atoms with Crippen molar-refractivity contribution in [3.05, 3.63) is 29.8 Å². The van der Waals surface area contributed by atoms with Crippen molar-refractivity contribution in [2.75, 3.05) is 11.9 Å². The lowest BCUT2D eigenvalue weighted by atomic mass is 9.95. The number of aliphatic hydroxyl groups excluding tert-OH is 1. The van der Waals surface area contributed by atoms with Crippen LogP contribution in [0.2, 0.25) is 0 Å². The molecule has 1 amide bonds. The summed E-state index contributed by atoms with van der Waals surface area (Å²) in [6.45, 7) is 0.0913. The Morgan fingerprint density at radius 2 is 1.80 bits per heavy atom. The molecule has 1 aromatic rings. The molecule has 1 aliphatic rings. The van der Waals surface area contributed by atoms with Gasteiger partial charge in [-0.2, -0.15) is 0 Å². The van der Waals surface area contributed by atoms with Crippen molar-refractivity contribution in [1.82, 2.24) is 0 Å². The molecule has 0 radical (unpaired) electrons. The van der Waals surface area contributed by atoms with Crippen LogP contribution in [0.1, 0.15) is 24.8 Å². The van der Waals surface area contributed by atoms with Gasteiger partial charge >= 0.3 is 5.97 Å². The first-order valence-corrected chi connectivity index (χ1v) is 6.85. The van der Waals surface area contributed by atoms with E-state index in [4.69, 9.17) is 10.2 Å². The number of hydrogen-bond donors (Lipinski definition) is 3. The SMILES string of the molecule is O=C(O)[C@H]1CCC[C@H]1C(=O)Nc1ccc(CCO)cc1. The highest BCUT2D eigenvalue weighted by Gasteiger charge is 2.37. The molecule has 5 heteroatoms. The molecule has 0 unspecified atom stereocenters. The minimum atomic E-state index is -0.888. The lowest BCUT2D eigenvalue weighted by Crippen LogP contribution is -2.29. The highest BCUT2D eigenvalue weighted by molar-refractivity contribution is 5.95. The van der Waals surface area contributed by atoms with E-state index in [1.54, 1.807) is 12.1 Å². The lowest BCUT2D eigenvalue weighted by Gasteiger charge is -2.15. The molecule has 1 fully saturated rings. The molecule has 5 nitrogen and oxygen atoms in total. The predicted molar refractivity (Wildman–Crippen MR) is 74.3 cm³/mol. The van der Waals surface area contributed by atoms with Crippen molar-refractivity contribution in [3.63, 3.8) is 0 Å². The number of carboxylic acids is 1. The second-order valence-electron chi connectivity index (χ2n) is 5.14. The quantitative estimate of drug-likeness (QED) is 0.764. The third-order valence-electron chi connectivity index (χ3n) is 3.79. The summed E-state index contributed by atoms with van der Waals surface area (Å²) in [6, 6.07) is 7.23. The van der Waals surface area contributed by atoms with Crippen LogP contribution in [0.15, 0.2) is 24.3 Å². The van der Waals surface area contributed by atoms with Gasteiger partial charge in [-0.25, -0.2) is 0 Å². The Morgan fingerprint density at radius 1 is 1.15 bits per heavy atom. The number of carbonyl (C=O) groups excluding carboxylic acids is 1. The summed E-state index contributed by atoms with van der Waals surface area (Å²) in [4.78, 5) is 23.2. The van der Waals surface area contributed by atoms with Gasteiger partial charge in [-0.1, -0.05) is 18.6 Å². The minimum absolute atomic E-state index is 0.0913. The highest BCUT2D eigenvalue weighted by Crippen LogP contribution is 2.32. The third-order valence-corrected chi connectivity index (χ3v) is 3.79. The van der Waals surface area contributed by atoms with Crippen LogP contribution in [0, 0.1) is 11.8 Å². The maximum atomic E-state index is 12.1. The van der Waals surface area contributed by atoms with E-state index >= 15 is 0 Å². The molecule has 0 aliphatic heterocycles. The van der Waals surface area contributed by atoms with Crippen molar-refractivity contribution < 1.29 is 19.8 Å². The van der Waals surface area contributed by atoms with Crippen molar-refractivity contribution in [1.29, 1.82) is 0 Å². The molecule has 1 aliphatic carbocycles. The van der Waals surface area contributed by atoms with E-state index in [0.717, 1.165) is 12.0 Å². The molecular formula is C15H19NO4. The second kappa shape index (κ2) is 6.52. The maximum absolute atomic E-state index is 12.1. The van der Waals surface area contributed by atoms with Crippen molar-refractivity contribution in [2.24, 2.45) is 11.8 Å². The summed E-state index contributed by atoms with van der Waals surface area (Å²) in [7, 11) is 0. The fourth-order valence-corrected chi connectivity index (χ4v) is 2.69. The van der Waals surface area contributed by atoms with Gasteiger partial charge in [0.1, 0.15) is 0 Å². The molecule has 108 valence electrons. The highest BCUT2D eigenvalue weighted by atomic mass is 16.4. The Morgan fingerprint density at radius 3 is 2.40 bits per heavy atom. The van der Waals surface area contributed by atoms with Crippen molar-refractivity contribution >= 4 is 17.6 Å². The first-order valence-electron chi connectivity index (χ1n) is 6.85. The van der Waals surface area contributed by atoms with Crippen molar-refractivity contribution in [2.45, 2.75) is 25.7 Å². The largest absolute Gasteiger partial charge is 0.481 e. The fraction of sp³-hybridized carbons (Fsp3) is 0.467. The molecule has 1 aromatic carbocycles. The van der Waals surface area contributed by atoms with Gasteiger partial charge in [0, 0.05) is 12.3 Å². The van der Waals surface area contributed by atoms with Crippen LogP contribution in [0.25, 0.3) is 0 Å². The average molecular weight is 277 g/mol. The number of amides is 1. The number of carbonyl (C=O) groups is 2. The molecule has 2 rings (SSSR count).